The molecular formula is C22H19ClN2O4S. The molecule has 30 heavy (non-hydrogen) atoms. The highest BCUT2D eigenvalue weighted by molar-refractivity contribution is 7.98. The van der Waals surface area contributed by atoms with Crippen molar-refractivity contribution >= 4 is 29.3 Å². The minimum atomic E-state index is -0.626. The molecule has 1 heterocycles. The lowest BCUT2D eigenvalue weighted by Gasteiger charge is -2.13. The smallest absolute Gasteiger partial charge is 0.339 e. The summed E-state index contributed by atoms with van der Waals surface area (Å²) in [5, 5.41) is 1.16. The summed E-state index contributed by atoms with van der Waals surface area (Å²) in [5.41, 5.74) is 1.94. The van der Waals surface area contributed by atoms with Crippen molar-refractivity contribution in [1.82, 2.24) is 9.97 Å². The Balaban J connectivity index is 1.95. The predicted octanol–water partition coefficient (Wildman–Crippen LogP) is 5.69. The van der Waals surface area contributed by atoms with E-state index in [9.17, 15) is 4.79 Å². The summed E-state index contributed by atoms with van der Waals surface area (Å²) >= 11 is 7.30. The number of benzene rings is 2. The average Bonchev–Trinajstić information content (AvgIpc) is 2.74. The maximum atomic E-state index is 12.1. The number of ether oxygens (including phenoxy) is 3. The van der Waals surface area contributed by atoms with Gasteiger partial charge in [0.1, 0.15) is 16.6 Å². The maximum absolute atomic E-state index is 12.1. The van der Waals surface area contributed by atoms with Gasteiger partial charge >= 0.3 is 5.97 Å². The second-order valence-electron chi connectivity index (χ2n) is 6.01. The number of hydrogen-bond donors (Lipinski definition) is 0. The van der Waals surface area contributed by atoms with Crippen molar-refractivity contribution in [3.05, 3.63) is 71.7 Å². The Hall–Kier alpha value is -3.03. The van der Waals surface area contributed by atoms with Crippen LogP contribution in [-0.4, -0.2) is 29.3 Å². The van der Waals surface area contributed by atoms with Crippen molar-refractivity contribution in [2.24, 2.45) is 0 Å². The van der Waals surface area contributed by atoms with Crippen molar-refractivity contribution in [1.29, 1.82) is 0 Å². The Labute approximate surface area is 183 Å². The second kappa shape index (κ2) is 10.1. The van der Waals surface area contributed by atoms with Crippen molar-refractivity contribution in [3.8, 4) is 28.5 Å². The number of halogens is 1. The summed E-state index contributed by atoms with van der Waals surface area (Å²) in [4.78, 5) is 20.7. The van der Waals surface area contributed by atoms with Gasteiger partial charge in [0, 0.05) is 5.02 Å². The number of rotatable bonds is 7. The fourth-order valence-electron chi connectivity index (χ4n) is 2.56. The Morgan fingerprint density at radius 2 is 1.87 bits per heavy atom. The van der Waals surface area contributed by atoms with Gasteiger partial charge in [-0.1, -0.05) is 35.9 Å². The molecule has 0 amide bonds. The van der Waals surface area contributed by atoms with Crippen LogP contribution in [0.4, 0.5) is 0 Å². The van der Waals surface area contributed by atoms with Gasteiger partial charge in [-0.25, -0.2) is 9.78 Å². The molecule has 8 heteroatoms. The lowest BCUT2D eigenvalue weighted by atomic mass is 10.1. The lowest BCUT2D eigenvalue weighted by molar-refractivity contribution is -0.129. The number of thioether (sulfide) groups is 1. The fourth-order valence-corrected chi connectivity index (χ4v) is 3.22. The van der Waals surface area contributed by atoms with Gasteiger partial charge in [0.25, 0.3) is 5.88 Å². The number of methoxy groups -OCH3 is 1. The molecule has 3 aromatic rings. The number of esters is 1. The van der Waals surface area contributed by atoms with Crippen molar-refractivity contribution < 1.29 is 19.0 Å². The van der Waals surface area contributed by atoms with Crippen LogP contribution in [0, 0.1) is 6.92 Å². The monoisotopic (exact) mass is 442 g/mol. The third-order valence-corrected chi connectivity index (χ3v) is 4.79. The van der Waals surface area contributed by atoms with E-state index in [0.717, 1.165) is 17.2 Å². The predicted molar refractivity (Wildman–Crippen MR) is 117 cm³/mol. The average molecular weight is 443 g/mol. The van der Waals surface area contributed by atoms with E-state index in [-0.39, 0.29) is 11.6 Å². The van der Waals surface area contributed by atoms with E-state index in [2.05, 4.69) is 9.97 Å². The molecule has 0 saturated heterocycles. The fraction of sp³-hybridized carbons (Fsp3) is 0.136. The third-order valence-electron chi connectivity index (χ3n) is 3.88. The van der Waals surface area contributed by atoms with Crippen molar-refractivity contribution in [2.75, 3.05) is 13.4 Å². The first kappa shape index (κ1) is 21.7. The van der Waals surface area contributed by atoms with Crippen LogP contribution in [0.25, 0.3) is 11.1 Å². The van der Waals surface area contributed by atoms with Gasteiger partial charge < -0.3 is 14.2 Å². The molecule has 0 radical (unpaired) electrons. The SMILES string of the molecule is COC=CC(=O)Oc1c(Oc2cccc(-c3ccc(Cl)cc3)c2)nc(C)nc1SC. The van der Waals surface area contributed by atoms with Gasteiger partial charge in [-0.2, -0.15) is 4.98 Å². The molecule has 1 aromatic heterocycles. The van der Waals surface area contributed by atoms with Crippen LogP contribution in [0.2, 0.25) is 5.02 Å². The van der Waals surface area contributed by atoms with Crippen molar-refractivity contribution in [2.45, 2.75) is 11.9 Å². The zero-order chi connectivity index (χ0) is 21.5. The van der Waals surface area contributed by atoms with E-state index in [1.165, 1.54) is 25.1 Å². The summed E-state index contributed by atoms with van der Waals surface area (Å²) < 4.78 is 16.2. The topological polar surface area (TPSA) is 70.5 Å². The van der Waals surface area contributed by atoms with Gasteiger partial charge in [-0.3, -0.25) is 0 Å². The zero-order valence-electron chi connectivity index (χ0n) is 16.6. The van der Waals surface area contributed by atoms with E-state index >= 15 is 0 Å². The zero-order valence-corrected chi connectivity index (χ0v) is 18.2. The van der Waals surface area contributed by atoms with E-state index in [1.54, 1.807) is 13.0 Å². The first-order chi connectivity index (χ1) is 14.5. The number of carbonyl (C=O) groups is 1. The quantitative estimate of drug-likeness (QED) is 0.153. The molecule has 0 spiro atoms. The molecule has 0 aliphatic heterocycles. The summed E-state index contributed by atoms with van der Waals surface area (Å²) in [6, 6.07) is 15.0. The summed E-state index contributed by atoms with van der Waals surface area (Å²) in [5.74, 6) is 0.710. The van der Waals surface area contributed by atoms with E-state index < -0.39 is 5.97 Å². The van der Waals surface area contributed by atoms with Gasteiger partial charge in [-0.15, -0.1) is 11.8 Å². The Bertz CT molecular complexity index is 1070. The summed E-state index contributed by atoms with van der Waals surface area (Å²) in [7, 11) is 1.44. The third kappa shape index (κ3) is 5.52. The van der Waals surface area contributed by atoms with Gasteiger partial charge in [0.2, 0.25) is 5.75 Å². The number of aromatic nitrogens is 2. The number of carbonyl (C=O) groups excluding carboxylic acids is 1. The minimum absolute atomic E-state index is 0.149. The molecular weight excluding hydrogens is 424 g/mol. The molecule has 0 aliphatic carbocycles. The Morgan fingerprint density at radius 3 is 2.57 bits per heavy atom. The molecule has 0 saturated carbocycles. The molecule has 0 N–H and O–H groups in total. The van der Waals surface area contributed by atoms with Crippen LogP contribution < -0.4 is 9.47 Å². The van der Waals surface area contributed by atoms with Gasteiger partial charge in [0.15, 0.2) is 0 Å². The van der Waals surface area contributed by atoms with E-state index in [4.69, 9.17) is 25.8 Å². The Morgan fingerprint density at radius 1 is 1.10 bits per heavy atom. The molecule has 6 nitrogen and oxygen atoms in total. The van der Waals surface area contributed by atoms with E-state index in [1.807, 2.05) is 48.7 Å². The molecule has 154 valence electrons. The van der Waals surface area contributed by atoms with Crippen LogP contribution in [0.3, 0.4) is 0 Å². The van der Waals surface area contributed by atoms with Crippen LogP contribution >= 0.6 is 23.4 Å². The molecule has 0 bridgehead atoms. The number of hydrogen-bond acceptors (Lipinski definition) is 7. The first-order valence-electron chi connectivity index (χ1n) is 8.88. The highest BCUT2D eigenvalue weighted by Gasteiger charge is 2.19. The van der Waals surface area contributed by atoms with Crippen molar-refractivity contribution in [3.63, 3.8) is 0 Å². The molecule has 0 aliphatic rings. The van der Waals surface area contributed by atoms with Crippen LogP contribution in [-0.2, 0) is 9.53 Å². The first-order valence-corrected chi connectivity index (χ1v) is 10.5. The molecule has 0 unspecified atom stereocenters. The highest BCUT2D eigenvalue weighted by atomic mass is 35.5. The number of aryl methyl sites for hydroxylation is 1. The Kier molecular flexibility index (Phi) is 7.32. The lowest BCUT2D eigenvalue weighted by Crippen LogP contribution is -2.08. The van der Waals surface area contributed by atoms with Gasteiger partial charge in [0.05, 0.1) is 19.4 Å². The summed E-state index contributed by atoms with van der Waals surface area (Å²) in [6.45, 7) is 1.74. The molecule has 3 rings (SSSR count). The standard InChI is InChI=1S/C22H19ClN2O4S/c1-14-24-21(20(22(25-14)30-3)29-19(26)11-12-27-2)28-18-6-4-5-16(13-18)15-7-9-17(23)10-8-15/h4-13H,1-3H3. The molecule has 0 atom stereocenters. The van der Waals surface area contributed by atoms with Crippen LogP contribution in [0.5, 0.6) is 17.4 Å². The number of nitrogens with zero attached hydrogens (tertiary/aromatic N) is 2. The van der Waals surface area contributed by atoms with Crippen LogP contribution in [0.15, 0.2) is 65.9 Å². The molecule has 2 aromatic carbocycles. The second-order valence-corrected chi connectivity index (χ2v) is 7.24. The minimum Gasteiger partial charge on any atom is -0.504 e. The maximum Gasteiger partial charge on any atom is 0.339 e. The highest BCUT2D eigenvalue weighted by Crippen LogP contribution is 2.37. The van der Waals surface area contributed by atoms with Gasteiger partial charge in [-0.05, 0) is 48.6 Å². The largest absolute Gasteiger partial charge is 0.504 e. The van der Waals surface area contributed by atoms with Crippen LogP contribution in [0.1, 0.15) is 5.82 Å². The van der Waals surface area contributed by atoms with E-state index in [0.29, 0.717) is 21.6 Å². The normalized spacial score (nSPS) is 10.8. The molecule has 0 fully saturated rings. The summed E-state index contributed by atoms with van der Waals surface area (Å²) in [6.07, 6.45) is 4.22.